The molecule has 2 aliphatic heterocycles. The van der Waals surface area contributed by atoms with E-state index in [4.69, 9.17) is 14.1 Å². The maximum Gasteiger partial charge on any atom is 0.289 e. The van der Waals surface area contributed by atoms with Gasteiger partial charge >= 0.3 is 0 Å². The smallest absolute Gasteiger partial charge is 0.289 e. The lowest BCUT2D eigenvalue weighted by Crippen LogP contribution is -2.49. The largest absolute Gasteiger partial charge is 0.451 e. The Bertz CT molecular complexity index is 1150. The van der Waals surface area contributed by atoms with Crippen LogP contribution in [0.5, 0.6) is 0 Å². The zero-order valence-electron chi connectivity index (χ0n) is 17.1. The van der Waals surface area contributed by atoms with Crippen molar-refractivity contribution in [2.75, 3.05) is 62.3 Å². The van der Waals surface area contributed by atoms with Crippen LogP contribution >= 0.6 is 0 Å². The summed E-state index contributed by atoms with van der Waals surface area (Å²) in [5, 5.41) is 0.476. The number of morpholine rings is 1. The number of rotatable bonds is 3. The molecule has 4 heterocycles. The van der Waals surface area contributed by atoms with E-state index in [2.05, 4.69) is 14.8 Å². The zero-order chi connectivity index (χ0) is 21.2. The lowest BCUT2D eigenvalue weighted by atomic mass is 10.2. The summed E-state index contributed by atoms with van der Waals surface area (Å²) in [6.07, 6.45) is 1.77. The second-order valence-electron chi connectivity index (χ2n) is 7.56. The van der Waals surface area contributed by atoms with Gasteiger partial charge in [-0.05, 0) is 18.2 Å². The Labute approximate surface area is 178 Å². The van der Waals surface area contributed by atoms with Crippen molar-refractivity contribution in [2.24, 2.45) is 0 Å². The van der Waals surface area contributed by atoms with Gasteiger partial charge in [0.1, 0.15) is 11.4 Å². The number of carbonyl (C=O) groups is 1. The predicted molar refractivity (Wildman–Crippen MR) is 116 cm³/mol. The number of fused-ring (bicyclic) bond motifs is 1. The molecule has 2 aliphatic rings. The number of benzene rings is 1. The normalized spacial score (nSPS) is 17.2. The highest BCUT2D eigenvalue weighted by atomic mass is 16.5. The van der Waals surface area contributed by atoms with E-state index >= 15 is 0 Å². The first kappa shape index (κ1) is 19.5. The number of amides is 1. The second kappa shape index (κ2) is 8.35. The highest BCUT2D eigenvalue weighted by molar-refractivity contribution is 5.93. The molecule has 2 fully saturated rings. The van der Waals surface area contributed by atoms with Crippen LogP contribution in [-0.4, -0.2) is 73.3 Å². The van der Waals surface area contributed by atoms with Crippen LogP contribution in [0.25, 0.3) is 11.0 Å². The van der Waals surface area contributed by atoms with Gasteiger partial charge in [0.2, 0.25) is 5.95 Å². The molecule has 1 aromatic carbocycles. The summed E-state index contributed by atoms with van der Waals surface area (Å²) in [4.78, 5) is 40.3. The molecule has 2 saturated heterocycles. The molecule has 0 atom stereocenters. The Morgan fingerprint density at radius 1 is 0.935 bits per heavy atom. The minimum absolute atomic E-state index is 0.0776. The molecule has 0 unspecified atom stereocenters. The van der Waals surface area contributed by atoms with Gasteiger partial charge in [-0.15, -0.1) is 0 Å². The van der Waals surface area contributed by atoms with Crippen molar-refractivity contribution in [1.29, 1.82) is 0 Å². The van der Waals surface area contributed by atoms with Crippen LogP contribution in [0.3, 0.4) is 0 Å². The van der Waals surface area contributed by atoms with Crippen LogP contribution in [0, 0.1) is 0 Å². The number of hydrogen-bond donors (Lipinski definition) is 0. The summed E-state index contributed by atoms with van der Waals surface area (Å²) in [5.74, 6) is 1.37. The van der Waals surface area contributed by atoms with Crippen molar-refractivity contribution in [2.45, 2.75) is 0 Å². The predicted octanol–water partition coefficient (Wildman–Crippen LogP) is 1.38. The molecule has 9 heteroatoms. The SMILES string of the molecule is O=C(c1cc(=O)c2ccccc2o1)N1CCN(c2ccnc(N3CCOCC3)n2)CC1. The molecule has 0 N–H and O–H groups in total. The summed E-state index contributed by atoms with van der Waals surface area (Å²) in [6.45, 7) is 5.24. The summed E-state index contributed by atoms with van der Waals surface area (Å²) < 4.78 is 11.1. The van der Waals surface area contributed by atoms with Gasteiger partial charge in [-0.2, -0.15) is 4.98 Å². The summed E-state index contributed by atoms with van der Waals surface area (Å²) >= 11 is 0. The summed E-state index contributed by atoms with van der Waals surface area (Å²) in [6, 6.07) is 10.1. The Balaban J connectivity index is 1.27. The number of ether oxygens (including phenoxy) is 1. The third-order valence-electron chi connectivity index (χ3n) is 5.66. The van der Waals surface area contributed by atoms with Crippen molar-refractivity contribution in [3.05, 3.63) is 58.6 Å². The number of hydrogen-bond acceptors (Lipinski definition) is 8. The maximum atomic E-state index is 12.9. The number of aromatic nitrogens is 2. The van der Waals surface area contributed by atoms with E-state index in [1.807, 2.05) is 6.07 Å². The van der Waals surface area contributed by atoms with Gasteiger partial charge in [-0.1, -0.05) is 12.1 Å². The van der Waals surface area contributed by atoms with Gasteiger partial charge in [-0.3, -0.25) is 9.59 Å². The average Bonchev–Trinajstić information content (AvgIpc) is 2.84. The molecule has 31 heavy (non-hydrogen) atoms. The van der Waals surface area contributed by atoms with E-state index < -0.39 is 0 Å². The van der Waals surface area contributed by atoms with Crippen molar-refractivity contribution >= 4 is 28.6 Å². The van der Waals surface area contributed by atoms with Gasteiger partial charge < -0.3 is 23.9 Å². The van der Waals surface area contributed by atoms with Crippen LogP contribution in [0.4, 0.5) is 11.8 Å². The van der Waals surface area contributed by atoms with E-state index in [1.54, 1.807) is 35.4 Å². The number of piperazine rings is 1. The second-order valence-corrected chi connectivity index (χ2v) is 7.56. The average molecular weight is 421 g/mol. The molecule has 0 aliphatic carbocycles. The van der Waals surface area contributed by atoms with Crippen molar-refractivity contribution < 1.29 is 13.9 Å². The minimum atomic E-state index is -0.265. The standard InChI is InChI=1S/C22H23N5O4/c28-17-15-19(31-18-4-2-1-3-16(17)18)21(29)26-9-7-25(8-10-26)20-5-6-23-22(24-20)27-11-13-30-14-12-27/h1-6,15H,7-14H2. The van der Waals surface area contributed by atoms with Crippen molar-refractivity contribution in [1.82, 2.24) is 14.9 Å². The lowest BCUT2D eigenvalue weighted by Gasteiger charge is -2.35. The van der Waals surface area contributed by atoms with E-state index in [-0.39, 0.29) is 17.1 Å². The number of nitrogens with zero attached hydrogens (tertiary/aromatic N) is 5. The molecule has 5 rings (SSSR count). The fourth-order valence-corrected chi connectivity index (χ4v) is 3.93. The highest BCUT2D eigenvalue weighted by Gasteiger charge is 2.25. The number of para-hydroxylation sites is 1. The van der Waals surface area contributed by atoms with Gasteiger partial charge in [0.15, 0.2) is 11.2 Å². The lowest BCUT2D eigenvalue weighted by molar-refractivity contribution is 0.0715. The fourth-order valence-electron chi connectivity index (χ4n) is 3.93. The molecule has 0 saturated carbocycles. The summed E-state index contributed by atoms with van der Waals surface area (Å²) in [5.41, 5.74) is 0.217. The first-order valence-corrected chi connectivity index (χ1v) is 10.4. The molecule has 160 valence electrons. The molecule has 9 nitrogen and oxygen atoms in total. The van der Waals surface area contributed by atoms with Gasteiger partial charge in [0.25, 0.3) is 5.91 Å². The van der Waals surface area contributed by atoms with Gasteiger partial charge in [-0.25, -0.2) is 4.98 Å². The molecule has 0 spiro atoms. The number of carbonyl (C=O) groups excluding carboxylic acids is 1. The van der Waals surface area contributed by atoms with Crippen LogP contribution in [0.15, 0.2) is 51.8 Å². The number of anilines is 2. The Morgan fingerprint density at radius 3 is 2.52 bits per heavy atom. The van der Waals surface area contributed by atoms with E-state index in [0.717, 1.165) is 18.9 Å². The van der Waals surface area contributed by atoms with Crippen LogP contribution in [0.2, 0.25) is 0 Å². The molecular formula is C22H23N5O4. The Kier molecular flexibility index (Phi) is 5.25. The third-order valence-corrected chi connectivity index (χ3v) is 5.66. The zero-order valence-corrected chi connectivity index (χ0v) is 17.1. The van der Waals surface area contributed by atoms with Gasteiger partial charge in [0, 0.05) is 51.5 Å². The molecule has 0 radical (unpaired) electrons. The van der Waals surface area contributed by atoms with Crippen molar-refractivity contribution in [3.8, 4) is 0 Å². The topological polar surface area (TPSA) is 92.0 Å². The van der Waals surface area contributed by atoms with Crippen molar-refractivity contribution in [3.63, 3.8) is 0 Å². The minimum Gasteiger partial charge on any atom is -0.451 e. The quantitative estimate of drug-likeness (QED) is 0.626. The van der Waals surface area contributed by atoms with E-state index in [9.17, 15) is 9.59 Å². The fraction of sp³-hybridized carbons (Fsp3) is 0.364. The van der Waals surface area contributed by atoms with Gasteiger partial charge in [0.05, 0.1) is 18.6 Å². The maximum absolute atomic E-state index is 12.9. The highest BCUT2D eigenvalue weighted by Crippen LogP contribution is 2.19. The van der Waals surface area contributed by atoms with Crippen LogP contribution in [-0.2, 0) is 4.74 Å². The monoisotopic (exact) mass is 421 g/mol. The molecule has 0 bridgehead atoms. The van der Waals surface area contributed by atoms with Crippen LogP contribution < -0.4 is 15.2 Å². The summed E-state index contributed by atoms with van der Waals surface area (Å²) in [7, 11) is 0. The first-order chi connectivity index (χ1) is 15.2. The van der Waals surface area contributed by atoms with Crippen LogP contribution in [0.1, 0.15) is 10.6 Å². The Morgan fingerprint density at radius 2 is 1.71 bits per heavy atom. The molecular weight excluding hydrogens is 398 g/mol. The Hall–Kier alpha value is -3.46. The first-order valence-electron chi connectivity index (χ1n) is 10.4. The van der Waals surface area contributed by atoms with E-state index in [0.29, 0.717) is 56.3 Å². The third kappa shape index (κ3) is 3.96. The molecule has 2 aromatic heterocycles. The molecule has 1 amide bonds. The van der Waals surface area contributed by atoms with E-state index in [1.165, 1.54) is 6.07 Å². The molecule has 3 aromatic rings.